The highest BCUT2D eigenvalue weighted by Crippen LogP contribution is 2.17. The lowest BCUT2D eigenvalue weighted by atomic mass is 10.1. The molecule has 0 aliphatic carbocycles. The zero-order chi connectivity index (χ0) is 13.7. The molecule has 0 spiro atoms. The van der Waals surface area contributed by atoms with Gasteiger partial charge in [-0.1, -0.05) is 18.3 Å². The second-order valence-electron chi connectivity index (χ2n) is 4.38. The van der Waals surface area contributed by atoms with E-state index in [0.29, 0.717) is 18.0 Å². The third-order valence-electron chi connectivity index (χ3n) is 2.59. The molecule has 5 heteroatoms. The number of nitrogens with one attached hydrogen (secondary N) is 1. The second-order valence-corrected chi connectivity index (χ2v) is 4.82. The first kappa shape index (κ1) is 14.4. The van der Waals surface area contributed by atoms with Crippen LogP contribution in [0.3, 0.4) is 0 Å². The highest BCUT2D eigenvalue weighted by molar-refractivity contribution is 7.80. The van der Waals surface area contributed by atoms with Gasteiger partial charge in [-0.25, -0.2) is 0 Å². The SMILES string of the molecule is Cc1ccc(C(N)=S)c(NCCC(=O)N(C)C)c1. The summed E-state index contributed by atoms with van der Waals surface area (Å²) in [5, 5.41) is 3.21. The lowest BCUT2D eigenvalue weighted by Crippen LogP contribution is -2.24. The number of amides is 1. The molecule has 0 saturated heterocycles. The van der Waals surface area contributed by atoms with Gasteiger partial charge in [0.15, 0.2) is 0 Å². The van der Waals surface area contributed by atoms with Gasteiger partial charge in [0.1, 0.15) is 4.99 Å². The third kappa shape index (κ3) is 4.00. The fraction of sp³-hybridized carbons (Fsp3) is 0.385. The van der Waals surface area contributed by atoms with Crippen molar-refractivity contribution in [3.63, 3.8) is 0 Å². The molecule has 0 radical (unpaired) electrons. The van der Waals surface area contributed by atoms with E-state index in [4.69, 9.17) is 18.0 Å². The van der Waals surface area contributed by atoms with Gasteiger partial charge >= 0.3 is 0 Å². The van der Waals surface area contributed by atoms with Gasteiger partial charge in [0.05, 0.1) is 0 Å². The normalized spacial score (nSPS) is 9.94. The molecule has 98 valence electrons. The van der Waals surface area contributed by atoms with Crippen LogP contribution in [0.25, 0.3) is 0 Å². The molecule has 0 atom stereocenters. The number of hydrogen-bond acceptors (Lipinski definition) is 3. The molecule has 1 aromatic rings. The Morgan fingerprint density at radius 1 is 1.44 bits per heavy atom. The van der Waals surface area contributed by atoms with E-state index < -0.39 is 0 Å². The predicted molar refractivity (Wildman–Crippen MR) is 78.9 cm³/mol. The minimum Gasteiger partial charge on any atom is -0.389 e. The number of rotatable bonds is 5. The summed E-state index contributed by atoms with van der Waals surface area (Å²) in [6.07, 6.45) is 0.442. The smallest absolute Gasteiger partial charge is 0.223 e. The van der Waals surface area contributed by atoms with E-state index in [1.165, 1.54) is 0 Å². The standard InChI is InChI=1S/C13H19N3OS/c1-9-4-5-10(13(14)18)11(8-9)15-7-6-12(17)16(2)3/h4-5,8,15H,6-7H2,1-3H3,(H2,14,18). The Morgan fingerprint density at radius 3 is 2.67 bits per heavy atom. The zero-order valence-electron chi connectivity index (χ0n) is 11.0. The van der Waals surface area contributed by atoms with Crippen LogP contribution >= 0.6 is 12.2 Å². The van der Waals surface area contributed by atoms with Crippen molar-refractivity contribution in [2.45, 2.75) is 13.3 Å². The Morgan fingerprint density at radius 2 is 2.11 bits per heavy atom. The first-order valence-electron chi connectivity index (χ1n) is 5.76. The average molecular weight is 265 g/mol. The number of benzene rings is 1. The third-order valence-corrected chi connectivity index (χ3v) is 2.81. The molecule has 1 aromatic carbocycles. The minimum absolute atomic E-state index is 0.0898. The van der Waals surface area contributed by atoms with Gasteiger partial charge in [0.25, 0.3) is 0 Å². The Hall–Kier alpha value is -1.62. The molecular formula is C13H19N3OS. The van der Waals surface area contributed by atoms with Crippen molar-refractivity contribution in [2.75, 3.05) is 26.0 Å². The largest absolute Gasteiger partial charge is 0.389 e. The summed E-state index contributed by atoms with van der Waals surface area (Å²) >= 11 is 5.00. The van der Waals surface area contributed by atoms with Gasteiger partial charge < -0.3 is 16.0 Å². The summed E-state index contributed by atoms with van der Waals surface area (Å²) in [4.78, 5) is 13.4. The summed E-state index contributed by atoms with van der Waals surface area (Å²) < 4.78 is 0. The molecule has 18 heavy (non-hydrogen) atoms. The van der Waals surface area contributed by atoms with E-state index >= 15 is 0 Å². The van der Waals surface area contributed by atoms with Crippen molar-refractivity contribution in [3.05, 3.63) is 29.3 Å². The second kappa shape index (κ2) is 6.35. The molecule has 0 unspecified atom stereocenters. The number of nitrogens with zero attached hydrogens (tertiary/aromatic N) is 1. The van der Waals surface area contributed by atoms with E-state index in [1.54, 1.807) is 19.0 Å². The fourth-order valence-electron chi connectivity index (χ4n) is 1.55. The van der Waals surface area contributed by atoms with Crippen molar-refractivity contribution in [2.24, 2.45) is 5.73 Å². The van der Waals surface area contributed by atoms with Crippen LogP contribution in [0.1, 0.15) is 17.5 Å². The molecule has 0 aliphatic heterocycles. The van der Waals surface area contributed by atoms with E-state index in [1.807, 2.05) is 25.1 Å². The van der Waals surface area contributed by atoms with Crippen LogP contribution < -0.4 is 11.1 Å². The molecule has 4 nitrogen and oxygen atoms in total. The quantitative estimate of drug-likeness (QED) is 0.793. The number of hydrogen-bond donors (Lipinski definition) is 2. The van der Waals surface area contributed by atoms with Crippen LogP contribution in [-0.4, -0.2) is 36.4 Å². The molecule has 0 heterocycles. The van der Waals surface area contributed by atoms with Crippen LogP contribution in [0.2, 0.25) is 0 Å². The number of anilines is 1. The highest BCUT2D eigenvalue weighted by Gasteiger charge is 2.07. The van der Waals surface area contributed by atoms with Gasteiger partial charge in [-0.3, -0.25) is 4.79 Å². The first-order valence-corrected chi connectivity index (χ1v) is 6.17. The van der Waals surface area contributed by atoms with Crippen LogP contribution in [0.5, 0.6) is 0 Å². The Balaban J connectivity index is 2.69. The summed E-state index contributed by atoms with van der Waals surface area (Å²) in [5.41, 5.74) is 8.48. The molecule has 0 fully saturated rings. The average Bonchev–Trinajstić information content (AvgIpc) is 2.28. The van der Waals surface area contributed by atoms with Crippen molar-refractivity contribution in [3.8, 4) is 0 Å². The van der Waals surface area contributed by atoms with Gasteiger partial charge in [0.2, 0.25) is 5.91 Å². The lowest BCUT2D eigenvalue weighted by molar-refractivity contribution is -0.128. The van der Waals surface area contributed by atoms with Gasteiger partial charge in [-0.05, 0) is 24.6 Å². The van der Waals surface area contributed by atoms with Crippen LogP contribution in [-0.2, 0) is 4.79 Å². The molecule has 0 aromatic heterocycles. The monoisotopic (exact) mass is 265 g/mol. The summed E-state index contributed by atoms with van der Waals surface area (Å²) in [6.45, 7) is 2.57. The summed E-state index contributed by atoms with van der Waals surface area (Å²) in [6, 6.07) is 5.84. The molecule has 0 saturated carbocycles. The van der Waals surface area contributed by atoms with Gasteiger partial charge in [0, 0.05) is 38.3 Å². The van der Waals surface area contributed by atoms with Crippen LogP contribution in [0.15, 0.2) is 18.2 Å². The fourth-order valence-corrected chi connectivity index (χ4v) is 1.72. The number of aryl methyl sites for hydroxylation is 1. The number of carbonyl (C=O) groups is 1. The van der Waals surface area contributed by atoms with Gasteiger partial charge in [-0.15, -0.1) is 0 Å². The first-order chi connectivity index (χ1) is 8.41. The maximum Gasteiger partial charge on any atom is 0.223 e. The maximum atomic E-state index is 11.5. The molecular weight excluding hydrogens is 246 g/mol. The van der Waals surface area contributed by atoms with E-state index in [-0.39, 0.29) is 5.91 Å². The van der Waals surface area contributed by atoms with E-state index in [9.17, 15) is 4.79 Å². The Bertz CT molecular complexity index is 458. The van der Waals surface area contributed by atoms with Crippen LogP contribution in [0.4, 0.5) is 5.69 Å². The molecule has 0 aliphatic rings. The van der Waals surface area contributed by atoms with Crippen molar-refractivity contribution in [1.82, 2.24) is 4.90 Å². The summed E-state index contributed by atoms with van der Waals surface area (Å²) in [7, 11) is 3.49. The lowest BCUT2D eigenvalue weighted by Gasteiger charge is -2.14. The Labute approximate surface area is 113 Å². The topological polar surface area (TPSA) is 58.4 Å². The van der Waals surface area contributed by atoms with Crippen LogP contribution in [0, 0.1) is 6.92 Å². The minimum atomic E-state index is 0.0898. The van der Waals surface area contributed by atoms with Crippen molar-refractivity contribution < 1.29 is 4.79 Å². The van der Waals surface area contributed by atoms with Crippen molar-refractivity contribution in [1.29, 1.82) is 0 Å². The molecule has 1 rings (SSSR count). The molecule has 3 N–H and O–H groups in total. The predicted octanol–water partition coefficient (Wildman–Crippen LogP) is 1.52. The summed E-state index contributed by atoms with van der Waals surface area (Å²) in [5.74, 6) is 0.0898. The van der Waals surface area contributed by atoms with E-state index in [0.717, 1.165) is 16.8 Å². The van der Waals surface area contributed by atoms with E-state index in [2.05, 4.69) is 5.32 Å². The molecule has 0 bridgehead atoms. The number of nitrogens with two attached hydrogens (primary N) is 1. The molecule has 1 amide bonds. The zero-order valence-corrected chi connectivity index (χ0v) is 11.8. The Kier molecular flexibility index (Phi) is 5.09. The van der Waals surface area contributed by atoms with Crippen molar-refractivity contribution >= 4 is 28.8 Å². The van der Waals surface area contributed by atoms with Gasteiger partial charge in [-0.2, -0.15) is 0 Å². The number of carbonyl (C=O) groups excluding carboxylic acids is 1. The highest BCUT2D eigenvalue weighted by atomic mass is 32.1. The maximum absolute atomic E-state index is 11.5. The number of thiocarbonyl (C=S) groups is 1.